The first kappa shape index (κ1) is 17.1. The number of halogens is 1. The monoisotopic (exact) mass is 313 g/mol. The molecule has 2 N–H and O–H groups in total. The van der Waals surface area contributed by atoms with Crippen molar-refractivity contribution in [3.63, 3.8) is 0 Å². The minimum Gasteiger partial charge on any atom is -0.396 e. The molecule has 0 fully saturated rings. The number of hydrogen-bond donors (Lipinski definition) is 2. The highest BCUT2D eigenvalue weighted by Gasteiger charge is 2.11. The fraction of sp³-hybridized carbons (Fsp3) is 0.333. The van der Waals surface area contributed by atoms with Crippen LogP contribution in [0.5, 0.6) is 0 Å². The fourth-order valence-electron chi connectivity index (χ4n) is 2.13. The third-order valence-electron chi connectivity index (χ3n) is 3.94. The molecule has 0 amide bonds. The molecule has 0 saturated carbocycles. The average Bonchev–Trinajstić information content (AvgIpc) is 2.59. The van der Waals surface area contributed by atoms with E-state index in [4.69, 9.17) is 10.4 Å². The molecule has 0 bridgehead atoms. The molecule has 1 unspecified atom stereocenters. The maximum Gasteiger partial charge on any atom is 0.140 e. The summed E-state index contributed by atoms with van der Waals surface area (Å²) < 4.78 is 13.4. The van der Waals surface area contributed by atoms with E-state index in [0.29, 0.717) is 17.8 Å². The highest BCUT2D eigenvalue weighted by atomic mass is 19.1. The van der Waals surface area contributed by atoms with Gasteiger partial charge in [0.15, 0.2) is 0 Å². The van der Waals surface area contributed by atoms with Crippen molar-refractivity contribution in [3.8, 4) is 17.3 Å². The van der Waals surface area contributed by atoms with Crippen LogP contribution in [0.1, 0.15) is 25.1 Å². The van der Waals surface area contributed by atoms with Crippen molar-refractivity contribution >= 4 is 0 Å². The third kappa shape index (κ3) is 4.35. The van der Waals surface area contributed by atoms with E-state index < -0.39 is 5.82 Å². The lowest BCUT2D eigenvalue weighted by atomic mass is 10.1. The van der Waals surface area contributed by atoms with Gasteiger partial charge in [0.1, 0.15) is 11.9 Å². The number of nitrogens with one attached hydrogen (secondary N) is 1. The summed E-state index contributed by atoms with van der Waals surface area (Å²) >= 11 is 0. The summed E-state index contributed by atoms with van der Waals surface area (Å²) in [7, 11) is 0. The van der Waals surface area contributed by atoms with Crippen molar-refractivity contribution in [1.29, 1.82) is 5.26 Å². The molecule has 2 aromatic rings. The van der Waals surface area contributed by atoms with E-state index in [1.54, 1.807) is 6.07 Å². The standard InChI is InChI=1S/C18H20FN3O/c1-12(11-23)13(2)21-10-16-4-3-5-18(22-16)14-6-7-17(19)15(8-14)9-20/h3-8,12-13,21,23H,10-11H2,1-2H3/t12?,13-/m1/s1. The number of nitrogens with zero attached hydrogens (tertiary/aromatic N) is 2. The Morgan fingerprint density at radius 1 is 1.30 bits per heavy atom. The number of hydrogen-bond acceptors (Lipinski definition) is 4. The van der Waals surface area contributed by atoms with Crippen LogP contribution in [0.25, 0.3) is 11.3 Å². The van der Waals surface area contributed by atoms with Crippen molar-refractivity contribution in [1.82, 2.24) is 10.3 Å². The number of nitriles is 1. The Bertz CT molecular complexity index is 712. The molecule has 0 spiro atoms. The molecule has 0 radical (unpaired) electrons. The Morgan fingerprint density at radius 3 is 2.78 bits per heavy atom. The maximum atomic E-state index is 13.4. The zero-order valence-corrected chi connectivity index (χ0v) is 13.3. The number of rotatable bonds is 6. The predicted octanol–water partition coefficient (Wildman–Crippen LogP) is 2.87. The van der Waals surface area contributed by atoms with Crippen LogP contribution < -0.4 is 5.32 Å². The molecular formula is C18H20FN3O. The molecule has 23 heavy (non-hydrogen) atoms. The molecule has 5 heteroatoms. The minimum atomic E-state index is -0.527. The quantitative estimate of drug-likeness (QED) is 0.860. The van der Waals surface area contributed by atoms with Gasteiger partial charge in [-0.15, -0.1) is 0 Å². The summed E-state index contributed by atoms with van der Waals surface area (Å²) in [4.78, 5) is 4.55. The third-order valence-corrected chi connectivity index (χ3v) is 3.94. The summed E-state index contributed by atoms with van der Waals surface area (Å²) in [5.74, 6) is -0.366. The Morgan fingerprint density at radius 2 is 2.09 bits per heavy atom. The smallest absolute Gasteiger partial charge is 0.140 e. The van der Waals surface area contributed by atoms with Gasteiger partial charge < -0.3 is 10.4 Å². The van der Waals surface area contributed by atoms with E-state index in [1.165, 1.54) is 12.1 Å². The number of aliphatic hydroxyl groups excluding tert-OH is 1. The van der Waals surface area contributed by atoms with Crippen molar-refractivity contribution in [2.75, 3.05) is 6.61 Å². The number of pyridine rings is 1. The molecule has 4 nitrogen and oxygen atoms in total. The second-order valence-electron chi connectivity index (χ2n) is 5.65. The predicted molar refractivity (Wildman–Crippen MR) is 86.9 cm³/mol. The largest absolute Gasteiger partial charge is 0.396 e. The van der Waals surface area contributed by atoms with E-state index in [0.717, 1.165) is 5.69 Å². The molecule has 0 aliphatic heterocycles. The molecule has 1 heterocycles. The minimum absolute atomic E-state index is 0.0122. The van der Waals surface area contributed by atoms with E-state index in [-0.39, 0.29) is 24.1 Å². The molecule has 1 aromatic carbocycles. The van der Waals surface area contributed by atoms with Gasteiger partial charge in [0.25, 0.3) is 0 Å². The van der Waals surface area contributed by atoms with Crippen LogP contribution in [0.2, 0.25) is 0 Å². The van der Waals surface area contributed by atoms with Crippen molar-refractivity contribution in [2.24, 2.45) is 5.92 Å². The fourth-order valence-corrected chi connectivity index (χ4v) is 2.13. The molecule has 0 aliphatic rings. The van der Waals surface area contributed by atoms with Gasteiger partial charge in [-0.2, -0.15) is 5.26 Å². The van der Waals surface area contributed by atoms with Crippen LogP contribution in [-0.4, -0.2) is 22.7 Å². The first-order valence-electron chi connectivity index (χ1n) is 7.55. The van der Waals surface area contributed by atoms with E-state index >= 15 is 0 Å². The van der Waals surface area contributed by atoms with Crippen LogP contribution in [0.4, 0.5) is 4.39 Å². The second kappa shape index (κ2) is 7.82. The Kier molecular flexibility index (Phi) is 5.80. The maximum absolute atomic E-state index is 13.4. The van der Waals surface area contributed by atoms with E-state index in [2.05, 4.69) is 10.3 Å². The van der Waals surface area contributed by atoms with Crippen LogP contribution in [0.3, 0.4) is 0 Å². The van der Waals surface area contributed by atoms with Crippen molar-refractivity contribution < 1.29 is 9.50 Å². The molecule has 0 saturated heterocycles. The van der Waals surface area contributed by atoms with Gasteiger partial charge in [-0.25, -0.2) is 4.39 Å². The topological polar surface area (TPSA) is 68.9 Å². The van der Waals surface area contributed by atoms with Gasteiger partial charge in [-0.1, -0.05) is 13.0 Å². The zero-order chi connectivity index (χ0) is 16.8. The molecule has 2 atom stereocenters. The van der Waals surface area contributed by atoms with E-state index in [9.17, 15) is 4.39 Å². The summed E-state index contributed by atoms with van der Waals surface area (Å²) in [6.07, 6.45) is 0. The highest BCUT2D eigenvalue weighted by Crippen LogP contribution is 2.20. The summed E-state index contributed by atoms with van der Waals surface area (Å²) in [6, 6.07) is 12.0. The lowest BCUT2D eigenvalue weighted by molar-refractivity contribution is 0.207. The summed E-state index contributed by atoms with van der Waals surface area (Å²) in [6.45, 7) is 4.70. The Balaban J connectivity index is 2.16. The van der Waals surface area contributed by atoms with Crippen molar-refractivity contribution in [2.45, 2.75) is 26.4 Å². The van der Waals surface area contributed by atoms with Gasteiger partial charge in [0.05, 0.1) is 17.0 Å². The van der Waals surface area contributed by atoms with Crippen LogP contribution >= 0.6 is 0 Å². The Hall–Kier alpha value is -2.29. The lowest BCUT2D eigenvalue weighted by Crippen LogP contribution is -2.33. The molecule has 0 aliphatic carbocycles. The van der Waals surface area contributed by atoms with Crippen LogP contribution in [-0.2, 0) is 6.54 Å². The zero-order valence-electron chi connectivity index (χ0n) is 13.3. The van der Waals surface area contributed by atoms with Crippen LogP contribution in [0, 0.1) is 23.1 Å². The summed E-state index contributed by atoms with van der Waals surface area (Å²) in [5.41, 5.74) is 2.27. The normalized spacial score (nSPS) is 13.3. The van der Waals surface area contributed by atoms with Gasteiger partial charge in [0.2, 0.25) is 0 Å². The number of benzene rings is 1. The van der Waals surface area contributed by atoms with E-state index in [1.807, 2.05) is 38.1 Å². The van der Waals surface area contributed by atoms with Gasteiger partial charge >= 0.3 is 0 Å². The average molecular weight is 313 g/mol. The Labute approximate surface area is 135 Å². The van der Waals surface area contributed by atoms with Gasteiger partial charge in [0, 0.05) is 24.8 Å². The molecular weight excluding hydrogens is 293 g/mol. The van der Waals surface area contributed by atoms with Gasteiger partial charge in [-0.05, 0) is 43.2 Å². The second-order valence-corrected chi connectivity index (χ2v) is 5.65. The number of aliphatic hydroxyl groups is 1. The molecule has 2 rings (SSSR count). The number of aromatic nitrogens is 1. The summed E-state index contributed by atoms with van der Waals surface area (Å²) in [5, 5.41) is 21.4. The van der Waals surface area contributed by atoms with Gasteiger partial charge in [-0.3, -0.25) is 4.98 Å². The first-order valence-corrected chi connectivity index (χ1v) is 7.55. The lowest BCUT2D eigenvalue weighted by Gasteiger charge is -2.19. The highest BCUT2D eigenvalue weighted by molar-refractivity contribution is 5.61. The molecule has 120 valence electrons. The molecule has 1 aromatic heterocycles. The first-order chi connectivity index (χ1) is 11.0. The van der Waals surface area contributed by atoms with Crippen molar-refractivity contribution in [3.05, 3.63) is 53.5 Å². The van der Waals surface area contributed by atoms with Crippen LogP contribution in [0.15, 0.2) is 36.4 Å². The SMILES string of the molecule is CC(CO)[C@@H](C)NCc1cccc(-c2ccc(F)c(C#N)c2)n1.